The summed E-state index contributed by atoms with van der Waals surface area (Å²) in [6, 6.07) is 0. The van der Waals surface area contributed by atoms with Gasteiger partial charge in [-0.25, -0.2) is 15.0 Å². The Balaban J connectivity index is 1.51. The molecule has 1 saturated heterocycles. The van der Waals surface area contributed by atoms with Crippen molar-refractivity contribution >= 4 is 17.2 Å². The molecule has 0 saturated carbocycles. The van der Waals surface area contributed by atoms with Crippen LogP contribution in [0.2, 0.25) is 0 Å². The summed E-state index contributed by atoms with van der Waals surface area (Å²) in [5.41, 5.74) is 1.19. The van der Waals surface area contributed by atoms with Crippen LogP contribution >= 0.6 is 11.3 Å². The standard InChI is InChI=1S/C18H27N5OS/c1-13-16(25-14(2)21-13)12-23-9-5-15(6-10-23)11-22(3)17-18(24-4)20-8-7-19-17/h7-8,15H,5-6,9-12H2,1-4H3. The van der Waals surface area contributed by atoms with Gasteiger partial charge in [0.25, 0.3) is 5.88 Å². The van der Waals surface area contributed by atoms with E-state index in [1.807, 2.05) is 11.3 Å². The number of aryl methyl sites for hydroxylation is 2. The van der Waals surface area contributed by atoms with Gasteiger partial charge in [0.15, 0.2) is 5.82 Å². The molecule has 0 spiro atoms. The van der Waals surface area contributed by atoms with Crippen LogP contribution in [0.1, 0.15) is 28.4 Å². The van der Waals surface area contributed by atoms with Gasteiger partial charge >= 0.3 is 0 Å². The van der Waals surface area contributed by atoms with Crippen molar-refractivity contribution in [2.24, 2.45) is 5.92 Å². The minimum absolute atomic E-state index is 0.596. The third kappa shape index (κ3) is 4.46. The van der Waals surface area contributed by atoms with E-state index in [0.29, 0.717) is 11.8 Å². The molecule has 2 aromatic heterocycles. The smallest absolute Gasteiger partial charge is 0.257 e. The van der Waals surface area contributed by atoms with Gasteiger partial charge in [0.1, 0.15) is 0 Å². The van der Waals surface area contributed by atoms with Crippen molar-refractivity contribution in [3.05, 3.63) is 28.0 Å². The fourth-order valence-corrected chi connectivity index (χ4v) is 4.43. The average molecular weight is 362 g/mol. The summed E-state index contributed by atoms with van der Waals surface area (Å²) in [5, 5.41) is 1.17. The Morgan fingerprint density at radius 3 is 2.60 bits per heavy atom. The molecule has 7 heteroatoms. The Hall–Kier alpha value is -1.73. The van der Waals surface area contributed by atoms with E-state index < -0.39 is 0 Å². The van der Waals surface area contributed by atoms with E-state index in [0.717, 1.165) is 32.0 Å². The molecule has 6 nitrogen and oxygen atoms in total. The number of hydrogen-bond donors (Lipinski definition) is 0. The lowest BCUT2D eigenvalue weighted by molar-refractivity contribution is 0.180. The van der Waals surface area contributed by atoms with Gasteiger partial charge in [0.2, 0.25) is 0 Å². The molecule has 0 atom stereocenters. The second-order valence-corrected chi connectivity index (χ2v) is 8.02. The van der Waals surface area contributed by atoms with Crippen LogP contribution in [0, 0.1) is 19.8 Å². The minimum atomic E-state index is 0.596. The number of anilines is 1. The lowest BCUT2D eigenvalue weighted by Crippen LogP contribution is -2.37. The van der Waals surface area contributed by atoms with Crippen molar-refractivity contribution in [3.8, 4) is 5.88 Å². The van der Waals surface area contributed by atoms with E-state index in [1.165, 1.54) is 28.4 Å². The fraction of sp³-hybridized carbons (Fsp3) is 0.611. The maximum Gasteiger partial charge on any atom is 0.257 e. The number of aromatic nitrogens is 3. The number of ether oxygens (including phenoxy) is 1. The normalized spacial score (nSPS) is 16.2. The number of piperidine rings is 1. The lowest BCUT2D eigenvalue weighted by Gasteiger charge is -2.34. The predicted molar refractivity (Wildman–Crippen MR) is 101 cm³/mol. The molecule has 3 rings (SSSR count). The third-order valence-corrected chi connectivity index (χ3v) is 5.87. The molecule has 2 aromatic rings. The summed E-state index contributed by atoms with van der Waals surface area (Å²) >= 11 is 1.83. The molecule has 1 aliphatic rings. The molecule has 0 aliphatic carbocycles. The number of nitrogens with zero attached hydrogens (tertiary/aromatic N) is 5. The molecule has 0 amide bonds. The maximum absolute atomic E-state index is 5.32. The average Bonchev–Trinajstić information content (AvgIpc) is 2.93. The Morgan fingerprint density at radius 2 is 1.96 bits per heavy atom. The van der Waals surface area contributed by atoms with E-state index in [-0.39, 0.29) is 0 Å². The van der Waals surface area contributed by atoms with Gasteiger partial charge < -0.3 is 9.64 Å². The van der Waals surface area contributed by atoms with Gasteiger partial charge in [0.05, 0.1) is 17.8 Å². The summed E-state index contributed by atoms with van der Waals surface area (Å²) in [6.45, 7) is 8.53. The van der Waals surface area contributed by atoms with Crippen LogP contribution < -0.4 is 9.64 Å². The highest BCUT2D eigenvalue weighted by Crippen LogP contribution is 2.26. The van der Waals surface area contributed by atoms with Crippen LogP contribution in [0.15, 0.2) is 12.4 Å². The monoisotopic (exact) mass is 361 g/mol. The number of hydrogen-bond acceptors (Lipinski definition) is 7. The molecular formula is C18H27N5OS. The quantitative estimate of drug-likeness (QED) is 0.788. The molecule has 0 radical (unpaired) electrons. The van der Waals surface area contributed by atoms with Crippen molar-refractivity contribution in [2.45, 2.75) is 33.2 Å². The van der Waals surface area contributed by atoms with Gasteiger partial charge in [-0.05, 0) is 45.7 Å². The first-order valence-electron chi connectivity index (χ1n) is 8.78. The molecule has 136 valence electrons. The number of methoxy groups -OCH3 is 1. The second-order valence-electron chi connectivity index (χ2n) is 6.73. The van der Waals surface area contributed by atoms with Gasteiger partial charge in [0, 0.05) is 37.4 Å². The molecule has 0 bridgehead atoms. The topological polar surface area (TPSA) is 54.4 Å². The summed E-state index contributed by atoms with van der Waals surface area (Å²) in [7, 11) is 3.71. The molecule has 1 aliphatic heterocycles. The van der Waals surface area contributed by atoms with Crippen molar-refractivity contribution in [2.75, 3.05) is 38.7 Å². The Bertz CT molecular complexity index is 697. The van der Waals surface area contributed by atoms with Gasteiger partial charge in [-0.3, -0.25) is 4.90 Å². The highest BCUT2D eigenvalue weighted by Gasteiger charge is 2.23. The Labute approximate surface area is 153 Å². The van der Waals surface area contributed by atoms with Crippen LogP contribution in [0.25, 0.3) is 0 Å². The van der Waals surface area contributed by atoms with E-state index in [9.17, 15) is 0 Å². The van der Waals surface area contributed by atoms with E-state index in [4.69, 9.17) is 4.74 Å². The van der Waals surface area contributed by atoms with E-state index >= 15 is 0 Å². The van der Waals surface area contributed by atoms with Crippen LogP contribution in [-0.2, 0) is 6.54 Å². The van der Waals surface area contributed by atoms with Crippen molar-refractivity contribution < 1.29 is 4.74 Å². The lowest BCUT2D eigenvalue weighted by atomic mass is 9.96. The molecular weight excluding hydrogens is 334 g/mol. The molecule has 25 heavy (non-hydrogen) atoms. The van der Waals surface area contributed by atoms with Crippen LogP contribution in [0.4, 0.5) is 5.82 Å². The summed E-state index contributed by atoms with van der Waals surface area (Å²) in [6.07, 6.45) is 5.81. The summed E-state index contributed by atoms with van der Waals surface area (Å²) in [4.78, 5) is 19.3. The van der Waals surface area contributed by atoms with Crippen molar-refractivity contribution in [1.29, 1.82) is 0 Å². The zero-order valence-electron chi connectivity index (χ0n) is 15.5. The SMILES string of the molecule is COc1nccnc1N(C)CC1CCN(Cc2sc(C)nc2C)CC1. The van der Waals surface area contributed by atoms with Crippen molar-refractivity contribution in [3.63, 3.8) is 0 Å². The summed E-state index contributed by atoms with van der Waals surface area (Å²) in [5.74, 6) is 2.10. The van der Waals surface area contributed by atoms with Gasteiger partial charge in [-0.2, -0.15) is 0 Å². The molecule has 1 fully saturated rings. The predicted octanol–water partition coefficient (Wildman–Crippen LogP) is 2.91. The molecule has 0 N–H and O–H groups in total. The highest BCUT2D eigenvalue weighted by molar-refractivity contribution is 7.11. The Kier molecular flexibility index (Phi) is 5.86. The van der Waals surface area contributed by atoms with E-state index in [2.05, 4.69) is 45.6 Å². The second kappa shape index (κ2) is 8.10. The zero-order chi connectivity index (χ0) is 17.8. The first-order chi connectivity index (χ1) is 12.1. The highest BCUT2D eigenvalue weighted by atomic mass is 32.1. The minimum Gasteiger partial charge on any atom is -0.478 e. The van der Waals surface area contributed by atoms with Gasteiger partial charge in [-0.15, -0.1) is 11.3 Å². The van der Waals surface area contributed by atoms with E-state index in [1.54, 1.807) is 19.5 Å². The number of rotatable bonds is 6. The number of thiazole rings is 1. The van der Waals surface area contributed by atoms with Gasteiger partial charge in [-0.1, -0.05) is 0 Å². The zero-order valence-corrected chi connectivity index (χ0v) is 16.3. The molecule has 0 aromatic carbocycles. The van der Waals surface area contributed by atoms with Crippen LogP contribution in [-0.4, -0.2) is 53.6 Å². The summed E-state index contributed by atoms with van der Waals surface area (Å²) < 4.78 is 5.32. The first-order valence-corrected chi connectivity index (χ1v) is 9.60. The third-order valence-electron chi connectivity index (χ3n) is 4.81. The Morgan fingerprint density at radius 1 is 1.24 bits per heavy atom. The molecule has 0 unspecified atom stereocenters. The van der Waals surface area contributed by atoms with Crippen LogP contribution in [0.5, 0.6) is 5.88 Å². The fourth-order valence-electron chi connectivity index (χ4n) is 3.45. The maximum atomic E-state index is 5.32. The number of likely N-dealkylation sites (tertiary alicyclic amines) is 1. The molecule has 3 heterocycles. The van der Waals surface area contributed by atoms with Crippen molar-refractivity contribution in [1.82, 2.24) is 19.9 Å². The van der Waals surface area contributed by atoms with Crippen LogP contribution in [0.3, 0.4) is 0 Å². The first kappa shape index (κ1) is 18.1. The largest absolute Gasteiger partial charge is 0.478 e.